The number of hydrogen-bond donors (Lipinski definition) is 1. The van der Waals surface area contributed by atoms with Crippen molar-refractivity contribution in [3.63, 3.8) is 0 Å². The number of benzene rings is 2. The van der Waals surface area contributed by atoms with Gasteiger partial charge in [-0.15, -0.1) is 0 Å². The maximum Gasteiger partial charge on any atom is 0.317 e. The summed E-state index contributed by atoms with van der Waals surface area (Å²) in [6.07, 6.45) is 2.03. The first-order valence-electron chi connectivity index (χ1n) is 11.2. The zero-order chi connectivity index (χ0) is 21.8. The number of anilines is 1. The fraction of sp³-hybridized carbons (Fsp3) is 0.440. The molecule has 0 unspecified atom stereocenters. The molecule has 2 saturated heterocycles. The van der Waals surface area contributed by atoms with E-state index < -0.39 is 0 Å². The summed E-state index contributed by atoms with van der Waals surface area (Å²) >= 11 is 0. The molecular formula is C25H32N4O2. The minimum Gasteiger partial charge on any atom is -0.368 e. The van der Waals surface area contributed by atoms with Gasteiger partial charge in [0.25, 0.3) is 5.91 Å². The number of nitrogens with zero attached hydrogens (tertiary/aromatic N) is 3. The van der Waals surface area contributed by atoms with E-state index in [1.165, 1.54) is 11.3 Å². The first-order chi connectivity index (χ1) is 15.0. The Labute approximate surface area is 184 Å². The van der Waals surface area contributed by atoms with Crippen LogP contribution in [0.1, 0.15) is 40.2 Å². The summed E-state index contributed by atoms with van der Waals surface area (Å²) in [5.74, 6) is 0.376. The van der Waals surface area contributed by atoms with Gasteiger partial charge in [-0.25, -0.2) is 4.79 Å². The lowest BCUT2D eigenvalue weighted by Gasteiger charge is -2.36. The molecule has 2 aliphatic heterocycles. The van der Waals surface area contributed by atoms with Crippen molar-refractivity contribution in [3.8, 4) is 0 Å². The van der Waals surface area contributed by atoms with E-state index in [9.17, 15) is 9.59 Å². The predicted molar refractivity (Wildman–Crippen MR) is 124 cm³/mol. The minimum absolute atomic E-state index is 0.0246. The van der Waals surface area contributed by atoms with E-state index in [0.717, 1.165) is 56.7 Å². The first-order valence-corrected chi connectivity index (χ1v) is 11.2. The molecule has 0 radical (unpaired) electrons. The Morgan fingerprint density at radius 3 is 2.39 bits per heavy atom. The lowest BCUT2D eigenvalue weighted by molar-refractivity contribution is 0.0746. The molecule has 2 aliphatic rings. The molecule has 2 aromatic carbocycles. The van der Waals surface area contributed by atoms with Crippen molar-refractivity contribution in [2.45, 2.75) is 25.7 Å². The number of piperidine rings is 1. The molecule has 31 heavy (non-hydrogen) atoms. The number of carbonyl (C=O) groups is 2. The summed E-state index contributed by atoms with van der Waals surface area (Å²) in [7, 11) is 1.67. The van der Waals surface area contributed by atoms with Crippen molar-refractivity contribution >= 4 is 17.6 Å². The second kappa shape index (κ2) is 9.41. The van der Waals surface area contributed by atoms with Crippen LogP contribution in [0.4, 0.5) is 10.5 Å². The Hall–Kier alpha value is -3.02. The van der Waals surface area contributed by atoms with Gasteiger partial charge in [-0.2, -0.15) is 0 Å². The monoisotopic (exact) mass is 420 g/mol. The topological polar surface area (TPSA) is 55.9 Å². The SMILES string of the molecule is CNC(=O)N1CCC[C@H](c2cccc(C(=O)N3CCN(c4ccc(C)cc4)CC3)c2)C1. The van der Waals surface area contributed by atoms with Crippen LogP contribution in [0.15, 0.2) is 48.5 Å². The van der Waals surface area contributed by atoms with Crippen molar-refractivity contribution in [2.75, 3.05) is 51.2 Å². The molecule has 0 aromatic heterocycles. The van der Waals surface area contributed by atoms with Gasteiger partial charge in [0.1, 0.15) is 0 Å². The average molecular weight is 421 g/mol. The predicted octanol–water partition coefficient (Wildman–Crippen LogP) is 3.48. The molecule has 2 fully saturated rings. The summed E-state index contributed by atoms with van der Waals surface area (Å²) < 4.78 is 0. The highest BCUT2D eigenvalue weighted by Crippen LogP contribution is 2.28. The maximum absolute atomic E-state index is 13.2. The third kappa shape index (κ3) is 4.84. The number of nitrogens with one attached hydrogen (secondary N) is 1. The molecule has 2 aromatic rings. The van der Waals surface area contributed by atoms with Gasteiger partial charge in [-0.1, -0.05) is 29.8 Å². The van der Waals surface area contributed by atoms with Gasteiger partial charge in [0, 0.05) is 63.5 Å². The number of urea groups is 1. The van der Waals surface area contributed by atoms with E-state index in [0.29, 0.717) is 6.54 Å². The number of piperazine rings is 1. The number of likely N-dealkylation sites (tertiary alicyclic amines) is 1. The van der Waals surface area contributed by atoms with Crippen molar-refractivity contribution in [2.24, 2.45) is 0 Å². The van der Waals surface area contributed by atoms with Crippen LogP contribution in [0.3, 0.4) is 0 Å². The highest BCUT2D eigenvalue weighted by Gasteiger charge is 2.26. The zero-order valence-corrected chi connectivity index (χ0v) is 18.5. The smallest absolute Gasteiger partial charge is 0.317 e. The van der Waals surface area contributed by atoms with Gasteiger partial charge >= 0.3 is 6.03 Å². The number of rotatable bonds is 3. The van der Waals surface area contributed by atoms with E-state index in [2.05, 4.69) is 47.5 Å². The molecule has 2 heterocycles. The summed E-state index contributed by atoms with van der Waals surface area (Å²) in [6, 6.07) is 16.6. The second-order valence-electron chi connectivity index (χ2n) is 8.58. The molecule has 0 aliphatic carbocycles. The van der Waals surface area contributed by atoms with Gasteiger partial charge in [-0.05, 0) is 49.6 Å². The van der Waals surface area contributed by atoms with Gasteiger partial charge in [-0.3, -0.25) is 4.79 Å². The number of aryl methyl sites for hydroxylation is 1. The van der Waals surface area contributed by atoms with Crippen molar-refractivity contribution < 1.29 is 9.59 Å². The molecule has 0 saturated carbocycles. The van der Waals surface area contributed by atoms with Gasteiger partial charge < -0.3 is 20.0 Å². The molecule has 6 nitrogen and oxygen atoms in total. The van der Waals surface area contributed by atoms with Crippen LogP contribution in [0, 0.1) is 6.92 Å². The Balaban J connectivity index is 1.39. The average Bonchev–Trinajstić information content (AvgIpc) is 2.84. The standard InChI is InChI=1S/C25H32N4O2/c1-19-8-10-23(11-9-19)27-13-15-28(16-14-27)24(30)21-6-3-5-20(17-21)22-7-4-12-29(18-22)25(31)26-2/h3,5-6,8-11,17,22H,4,7,12-16,18H2,1-2H3,(H,26,31)/t22-/m0/s1. The maximum atomic E-state index is 13.2. The highest BCUT2D eigenvalue weighted by molar-refractivity contribution is 5.94. The Kier molecular flexibility index (Phi) is 6.44. The van der Waals surface area contributed by atoms with Gasteiger partial charge in [0.15, 0.2) is 0 Å². The van der Waals surface area contributed by atoms with E-state index in [-0.39, 0.29) is 17.9 Å². The van der Waals surface area contributed by atoms with E-state index in [1.54, 1.807) is 7.05 Å². The van der Waals surface area contributed by atoms with Crippen LogP contribution in [-0.2, 0) is 0 Å². The first kappa shape index (κ1) is 21.2. The highest BCUT2D eigenvalue weighted by atomic mass is 16.2. The van der Waals surface area contributed by atoms with Crippen LogP contribution in [0.2, 0.25) is 0 Å². The number of hydrogen-bond acceptors (Lipinski definition) is 3. The molecule has 164 valence electrons. The fourth-order valence-corrected chi connectivity index (χ4v) is 4.62. The number of carbonyl (C=O) groups excluding carboxylic acids is 2. The number of amides is 3. The van der Waals surface area contributed by atoms with Crippen molar-refractivity contribution in [1.29, 1.82) is 0 Å². The quantitative estimate of drug-likeness (QED) is 0.827. The van der Waals surface area contributed by atoms with Crippen LogP contribution in [-0.4, -0.2) is 68.1 Å². The molecule has 1 atom stereocenters. The summed E-state index contributed by atoms with van der Waals surface area (Å²) in [6.45, 7) is 6.73. The normalized spacial score (nSPS) is 19.3. The van der Waals surface area contributed by atoms with E-state index in [1.807, 2.05) is 28.0 Å². The fourth-order valence-electron chi connectivity index (χ4n) is 4.62. The third-order valence-electron chi connectivity index (χ3n) is 6.49. The third-order valence-corrected chi connectivity index (χ3v) is 6.49. The Morgan fingerprint density at radius 2 is 1.68 bits per heavy atom. The van der Waals surface area contributed by atoms with Gasteiger partial charge in [0.2, 0.25) is 0 Å². The van der Waals surface area contributed by atoms with Crippen LogP contribution >= 0.6 is 0 Å². The van der Waals surface area contributed by atoms with E-state index in [4.69, 9.17) is 0 Å². The molecule has 3 amide bonds. The lowest BCUT2D eigenvalue weighted by atomic mass is 9.89. The summed E-state index contributed by atoms with van der Waals surface area (Å²) in [5, 5.41) is 2.72. The van der Waals surface area contributed by atoms with Crippen LogP contribution in [0.25, 0.3) is 0 Å². The summed E-state index contributed by atoms with van der Waals surface area (Å²) in [5.41, 5.74) is 4.38. The Morgan fingerprint density at radius 1 is 0.935 bits per heavy atom. The molecular weight excluding hydrogens is 388 g/mol. The Bertz CT molecular complexity index is 919. The van der Waals surface area contributed by atoms with E-state index >= 15 is 0 Å². The molecule has 0 spiro atoms. The molecule has 4 rings (SSSR count). The summed E-state index contributed by atoms with van der Waals surface area (Å²) in [4.78, 5) is 31.4. The molecule has 6 heteroatoms. The zero-order valence-electron chi connectivity index (χ0n) is 18.5. The second-order valence-corrected chi connectivity index (χ2v) is 8.58. The van der Waals surface area contributed by atoms with Crippen molar-refractivity contribution in [1.82, 2.24) is 15.1 Å². The largest absolute Gasteiger partial charge is 0.368 e. The molecule has 1 N–H and O–H groups in total. The van der Waals surface area contributed by atoms with Crippen LogP contribution < -0.4 is 10.2 Å². The molecule has 0 bridgehead atoms. The lowest BCUT2D eigenvalue weighted by Crippen LogP contribution is -2.48. The minimum atomic E-state index is -0.0246. The van der Waals surface area contributed by atoms with Crippen molar-refractivity contribution in [3.05, 3.63) is 65.2 Å². The van der Waals surface area contributed by atoms with Gasteiger partial charge in [0.05, 0.1) is 0 Å². The van der Waals surface area contributed by atoms with Crippen LogP contribution in [0.5, 0.6) is 0 Å².